The maximum absolute atomic E-state index is 14.1. The summed E-state index contributed by atoms with van der Waals surface area (Å²) in [6, 6.07) is 28.7. The van der Waals surface area contributed by atoms with Gasteiger partial charge < -0.3 is 4.57 Å². The molecular weight excluding hydrogens is 522 g/mol. The Hall–Kier alpha value is -3.93. The Morgan fingerprint density at radius 1 is 0.949 bits per heavy atom. The maximum Gasteiger partial charge on any atom is 0.271 e. The van der Waals surface area contributed by atoms with Crippen LogP contribution in [0.2, 0.25) is 5.02 Å². The van der Waals surface area contributed by atoms with Gasteiger partial charge in [-0.3, -0.25) is 9.36 Å². The van der Waals surface area contributed by atoms with Gasteiger partial charge in [0.2, 0.25) is 0 Å². The van der Waals surface area contributed by atoms with Crippen molar-refractivity contribution in [1.82, 2.24) is 9.13 Å². The molecule has 6 heteroatoms. The van der Waals surface area contributed by atoms with E-state index in [0.717, 1.165) is 51.5 Å². The summed E-state index contributed by atoms with van der Waals surface area (Å²) in [4.78, 5) is 20.0. The summed E-state index contributed by atoms with van der Waals surface area (Å²) >= 11 is 7.60. The molecule has 3 heterocycles. The Labute approximate surface area is 235 Å². The minimum atomic E-state index is -0.158. The molecule has 1 aliphatic heterocycles. The fraction of sp³-hybridized carbons (Fsp3) is 0.152. The van der Waals surface area contributed by atoms with E-state index in [0.29, 0.717) is 9.55 Å². The lowest BCUT2D eigenvalue weighted by Crippen LogP contribution is -2.38. The molecule has 2 aliphatic rings. The number of aryl methyl sites for hydroxylation is 2. The van der Waals surface area contributed by atoms with Gasteiger partial charge in [-0.2, -0.15) is 0 Å². The molecular formula is C33H26ClN3OS. The third-order valence-electron chi connectivity index (χ3n) is 7.83. The van der Waals surface area contributed by atoms with Gasteiger partial charge in [0.1, 0.15) is 0 Å². The molecule has 1 atom stereocenters. The average molecular weight is 548 g/mol. The normalized spacial score (nSPS) is 16.5. The van der Waals surface area contributed by atoms with Gasteiger partial charge in [-0.25, -0.2) is 4.99 Å². The monoisotopic (exact) mass is 547 g/mol. The molecule has 0 spiro atoms. The van der Waals surface area contributed by atoms with Gasteiger partial charge in [-0.1, -0.05) is 77.5 Å². The van der Waals surface area contributed by atoms with E-state index in [-0.39, 0.29) is 11.6 Å². The summed E-state index contributed by atoms with van der Waals surface area (Å²) in [7, 11) is 0. The number of nitrogens with zero attached hydrogens (tertiary/aromatic N) is 3. The summed E-state index contributed by atoms with van der Waals surface area (Å²) in [5.74, 6) is 0. The number of fused-ring (bicyclic) bond motifs is 3. The first kappa shape index (κ1) is 24.1. The highest BCUT2D eigenvalue weighted by atomic mass is 35.5. The summed E-state index contributed by atoms with van der Waals surface area (Å²) in [6.45, 7) is 4.17. The smallest absolute Gasteiger partial charge is 0.271 e. The molecule has 5 aromatic rings. The number of benzene rings is 3. The molecule has 3 aromatic carbocycles. The first-order chi connectivity index (χ1) is 19.0. The third-order valence-corrected chi connectivity index (χ3v) is 9.06. The predicted octanol–water partition coefficient (Wildman–Crippen LogP) is 6.38. The zero-order chi connectivity index (χ0) is 26.7. The molecule has 0 saturated carbocycles. The second-order valence-corrected chi connectivity index (χ2v) is 11.6. The highest BCUT2D eigenvalue weighted by Gasteiger charge is 2.32. The van der Waals surface area contributed by atoms with Crippen LogP contribution in [0, 0.1) is 13.8 Å². The van der Waals surface area contributed by atoms with Crippen molar-refractivity contribution in [1.29, 1.82) is 0 Å². The standard InChI is InChI=1S/C33H26ClN3OS/c1-20-18-24(21(2)36(20)26-15-13-25(34)14-16-26)19-29-32(38)37-31(23-9-4-3-5-10-23)28-17-12-22-8-6-7-11-27(22)30(28)35-33(37)39-29/h3-11,13-16,18-19,31H,12,17H2,1-2H3/b29-19+. The van der Waals surface area contributed by atoms with Crippen LogP contribution in [0.15, 0.2) is 100 Å². The summed E-state index contributed by atoms with van der Waals surface area (Å²) in [5.41, 5.74) is 10.1. The van der Waals surface area contributed by atoms with Gasteiger partial charge in [0.25, 0.3) is 5.56 Å². The van der Waals surface area contributed by atoms with Crippen molar-refractivity contribution < 1.29 is 0 Å². The lowest BCUT2D eigenvalue weighted by atomic mass is 9.83. The number of hydrogen-bond donors (Lipinski definition) is 0. The van der Waals surface area contributed by atoms with Crippen molar-refractivity contribution in [2.45, 2.75) is 32.7 Å². The molecule has 192 valence electrons. The van der Waals surface area contributed by atoms with Gasteiger partial charge in [-0.05, 0) is 85.4 Å². The van der Waals surface area contributed by atoms with Crippen molar-refractivity contribution in [2.24, 2.45) is 4.99 Å². The Bertz CT molecular complexity index is 1960. The quantitative estimate of drug-likeness (QED) is 0.258. The fourth-order valence-electron chi connectivity index (χ4n) is 6.02. The van der Waals surface area contributed by atoms with Crippen molar-refractivity contribution in [3.05, 3.63) is 149 Å². The summed E-state index contributed by atoms with van der Waals surface area (Å²) in [6.07, 6.45) is 3.87. The second kappa shape index (κ2) is 9.37. The van der Waals surface area contributed by atoms with Crippen molar-refractivity contribution in [3.63, 3.8) is 0 Å². The van der Waals surface area contributed by atoms with Crippen LogP contribution in [0.1, 0.15) is 46.1 Å². The van der Waals surface area contributed by atoms with Crippen LogP contribution in [0.25, 0.3) is 17.5 Å². The first-order valence-corrected chi connectivity index (χ1v) is 14.3. The number of halogens is 1. The highest BCUT2D eigenvalue weighted by molar-refractivity contribution is 7.07. The Morgan fingerprint density at radius 3 is 2.49 bits per heavy atom. The molecule has 0 fully saturated rings. The minimum Gasteiger partial charge on any atom is -0.318 e. The van der Waals surface area contributed by atoms with Crippen LogP contribution in [0.3, 0.4) is 0 Å². The molecule has 7 rings (SSSR count). The Balaban J connectivity index is 1.43. The van der Waals surface area contributed by atoms with E-state index in [4.69, 9.17) is 16.6 Å². The Morgan fingerprint density at radius 2 is 1.69 bits per heavy atom. The van der Waals surface area contributed by atoms with Crippen LogP contribution >= 0.6 is 22.9 Å². The fourth-order valence-corrected chi connectivity index (χ4v) is 7.14. The van der Waals surface area contributed by atoms with Gasteiger partial charge in [-0.15, -0.1) is 0 Å². The molecule has 1 aliphatic carbocycles. The first-order valence-electron chi connectivity index (χ1n) is 13.1. The Kier molecular flexibility index (Phi) is 5.80. The van der Waals surface area contributed by atoms with Gasteiger partial charge in [0.15, 0.2) is 4.80 Å². The van der Waals surface area contributed by atoms with Gasteiger partial charge in [0.05, 0.1) is 16.3 Å². The van der Waals surface area contributed by atoms with Gasteiger partial charge in [0, 0.05) is 27.7 Å². The van der Waals surface area contributed by atoms with E-state index < -0.39 is 0 Å². The van der Waals surface area contributed by atoms with E-state index in [1.165, 1.54) is 28.0 Å². The van der Waals surface area contributed by atoms with E-state index in [9.17, 15) is 4.79 Å². The second-order valence-electron chi connectivity index (χ2n) is 10.2. The average Bonchev–Trinajstić information content (AvgIpc) is 3.42. The molecule has 0 amide bonds. The van der Waals surface area contributed by atoms with Crippen LogP contribution < -0.4 is 14.9 Å². The number of hydrogen-bond acceptors (Lipinski definition) is 3. The van der Waals surface area contributed by atoms with E-state index in [1.807, 2.05) is 53.1 Å². The van der Waals surface area contributed by atoms with Crippen molar-refractivity contribution in [3.8, 4) is 5.69 Å². The van der Waals surface area contributed by atoms with Crippen LogP contribution in [0.5, 0.6) is 0 Å². The molecule has 39 heavy (non-hydrogen) atoms. The van der Waals surface area contributed by atoms with Crippen LogP contribution in [0.4, 0.5) is 0 Å². The largest absolute Gasteiger partial charge is 0.318 e. The van der Waals surface area contributed by atoms with E-state index in [2.05, 4.69) is 60.9 Å². The van der Waals surface area contributed by atoms with Crippen molar-refractivity contribution >= 4 is 34.7 Å². The molecule has 0 saturated heterocycles. The summed E-state index contributed by atoms with van der Waals surface area (Å²) < 4.78 is 4.80. The van der Waals surface area contributed by atoms with Crippen LogP contribution in [-0.2, 0) is 6.42 Å². The number of rotatable bonds is 3. The third kappa shape index (κ3) is 3.96. The number of thiazole rings is 1. The van der Waals surface area contributed by atoms with E-state index >= 15 is 0 Å². The lowest BCUT2D eigenvalue weighted by Gasteiger charge is -2.30. The molecule has 2 aromatic heterocycles. The zero-order valence-electron chi connectivity index (χ0n) is 21.7. The lowest BCUT2D eigenvalue weighted by molar-refractivity contribution is 0.585. The topological polar surface area (TPSA) is 39.3 Å². The molecule has 4 nitrogen and oxygen atoms in total. The maximum atomic E-state index is 14.1. The van der Waals surface area contributed by atoms with E-state index in [1.54, 1.807) is 0 Å². The highest BCUT2D eigenvalue weighted by Crippen LogP contribution is 2.41. The van der Waals surface area contributed by atoms with Crippen molar-refractivity contribution in [2.75, 3.05) is 0 Å². The zero-order valence-corrected chi connectivity index (χ0v) is 23.3. The minimum absolute atomic E-state index is 0.00862. The molecule has 0 radical (unpaired) electrons. The molecule has 0 N–H and O–H groups in total. The molecule has 1 unspecified atom stereocenters. The van der Waals surface area contributed by atoms with Gasteiger partial charge >= 0.3 is 0 Å². The summed E-state index contributed by atoms with van der Waals surface area (Å²) in [5, 5.41) is 0.709. The molecule has 0 bridgehead atoms. The predicted molar refractivity (Wildman–Crippen MR) is 159 cm³/mol. The van der Waals surface area contributed by atoms with Crippen LogP contribution in [-0.4, -0.2) is 9.13 Å². The number of aromatic nitrogens is 2. The SMILES string of the molecule is Cc1cc(/C=c2/sc3n(c2=O)C(c2ccccc2)C2=C(N=3)c3ccccc3CC2)c(C)n1-c1ccc(Cl)cc1. The number of allylic oxidation sites excluding steroid dienone is 1.